The van der Waals surface area contributed by atoms with Crippen LogP contribution in [-0.2, 0) is 9.59 Å². The molecular formula is C14H16FN3O3. The van der Waals surface area contributed by atoms with E-state index in [1.54, 1.807) is 11.9 Å². The van der Waals surface area contributed by atoms with Crippen LogP contribution in [0.25, 0.3) is 0 Å². The van der Waals surface area contributed by atoms with Crippen molar-refractivity contribution in [3.05, 3.63) is 35.6 Å². The van der Waals surface area contributed by atoms with Gasteiger partial charge in [-0.05, 0) is 24.3 Å². The van der Waals surface area contributed by atoms with Crippen molar-refractivity contribution in [1.29, 1.82) is 0 Å². The second-order valence-electron chi connectivity index (χ2n) is 4.82. The topological polar surface area (TPSA) is 69.7 Å². The minimum absolute atomic E-state index is 0.0295. The van der Waals surface area contributed by atoms with Crippen LogP contribution < -0.4 is 5.32 Å². The van der Waals surface area contributed by atoms with Gasteiger partial charge < -0.3 is 15.1 Å². The van der Waals surface area contributed by atoms with Crippen LogP contribution in [0, 0.1) is 5.82 Å². The highest BCUT2D eigenvalue weighted by atomic mass is 19.1. The van der Waals surface area contributed by atoms with Crippen LogP contribution >= 0.6 is 0 Å². The molecule has 3 amide bonds. The zero-order chi connectivity index (χ0) is 15.4. The number of nitrogens with one attached hydrogen (secondary N) is 1. The van der Waals surface area contributed by atoms with E-state index in [1.807, 2.05) is 0 Å². The number of carbonyl (C=O) groups excluding carboxylic acids is 3. The molecular weight excluding hydrogens is 277 g/mol. The Morgan fingerprint density at radius 2 is 1.90 bits per heavy atom. The number of amides is 3. The number of carbonyl (C=O) groups is 3. The van der Waals surface area contributed by atoms with Crippen LogP contribution in [-0.4, -0.2) is 60.7 Å². The molecule has 21 heavy (non-hydrogen) atoms. The average Bonchev–Trinajstić information content (AvgIpc) is 2.48. The number of hydrogen-bond donors (Lipinski definition) is 1. The summed E-state index contributed by atoms with van der Waals surface area (Å²) < 4.78 is 12.7. The summed E-state index contributed by atoms with van der Waals surface area (Å²) in [4.78, 5) is 38.2. The first-order chi connectivity index (χ1) is 9.97. The highest BCUT2D eigenvalue weighted by Gasteiger charge is 2.24. The Bertz CT molecular complexity index is 559. The number of piperazine rings is 1. The fraction of sp³-hybridized carbons (Fsp3) is 0.357. The second kappa shape index (κ2) is 6.34. The third kappa shape index (κ3) is 3.77. The number of likely N-dealkylation sites (N-methyl/N-ethyl adjacent to an activating group) is 1. The van der Waals surface area contributed by atoms with Gasteiger partial charge in [-0.1, -0.05) is 0 Å². The predicted molar refractivity (Wildman–Crippen MR) is 73.0 cm³/mol. The van der Waals surface area contributed by atoms with Crippen molar-refractivity contribution in [2.24, 2.45) is 0 Å². The summed E-state index contributed by atoms with van der Waals surface area (Å²) in [6, 6.07) is 5.04. The van der Waals surface area contributed by atoms with Crippen molar-refractivity contribution < 1.29 is 18.8 Å². The lowest BCUT2D eigenvalue weighted by molar-refractivity contribution is -0.143. The zero-order valence-corrected chi connectivity index (χ0v) is 11.6. The van der Waals surface area contributed by atoms with Gasteiger partial charge in [0.05, 0.1) is 13.1 Å². The Hall–Kier alpha value is -2.44. The molecule has 0 bridgehead atoms. The van der Waals surface area contributed by atoms with Gasteiger partial charge in [0.2, 0.25) is 11.8 Å². The normalized spacial score (nSPS) is 15.0. The molecule has 2 rings (SSSR count). The van der Waals surface area contributed by atoms with Crippen LogP contribution in [0.4, 0.5) is 4.39 Å². The molecule has 6 nitrogen and oxygen atoms in total. The van der Waals surface area contributed by atoms with Gasteiger partial charge in [0, 0.05) is 25.7 Å². The summed E-state index contributed by atoms with van der Waals surface area (Å²) in [5, 5.41) is 2.46. The molecule has 1 fully saturated rings. The molecule has 0 radical (unpaired) electrons. The van der Waals surface area contributed by atoms with E-state index in [0.29, 0.717) is 13.1 Å². The maximum atomic E-state index is 12.7. The quantitative estimate of drug-likeness (QED) is 0.843. The summed E-state index contributed by atoms with van der Waals surface area (Å²) in [6.45, 7) is 0.777. The Balaban J connectivity index is 1.85. The van der Waals surface area contributed by atoms with Gasteiger partial charge in [0.1, 0.15) is 5.82 Å². The molecule has 0 aliphatic carbocycles. The molecule has 7 heteroatoms. The Morgan fingerprint density at radius 3 is 2.52 bits per heavy atom. The fourth-order valence-electron chi connectivity index (χ4n) is 1.94. The first kappa shape index (κ1) is 15.0. The minimum atomic E-state index is -0.455. The Labute approximate surface area is 121 Å². The smallest absolute Gasteiger partial charge is 0.251 e. The molecule has 0 unspecified atom stereocenters. The fourth-order valence-corrected chi connectivity index (χ4v) is 1.94. The number of rotatable bonds is 3. The predicted octanol–water partition coefficient (Wildman–Crippen LogP) is -0.144. The minimum Gasteiger partial charge on any atom is -0.343 e. The summed E-state index contributed by atoms with van der Waals surface area (Å²) in [5.41, 5.74) is 0.277. The Morgan fingerprint density at radius 1 is 1.24 bits per heavy atom. The first-order valence-corrected chi connectivity index (χ1v) is 6.53. The molecule has 1 aliphatic heterocycles. The summed E-state index contributed by atoms with van der Waals surface area (Å²) in [5.74, 6) is -1.33. The molecule has 1 heterocycles. The van der Waals surface area contributed by atoms with Gasteiger partial charge in [0.15, 0.2) is 0 Å². The summed E-state index contributed by atoms with van der Waals surface area (Å²) >= 11 is 0. The van der Waals surface area contributed by atoms with E-state index in [2.05, 4.69) is 5.32 Å². The summed E-state index contributed by atoms with van der Waals surface area (Å²) in [7, 11) is 1.68. The van der Waals surface area contributed by atoms with Crippen LogP contribution in [0.15, 0.2) is 24.3 Å². The summed E-state index contributed by atoms with van der Waals surface area (Å²) in [6.07, 6.45) is 0. The van der Waals surface area contributed by atoms with Gasteiger partial charge in [0.25, 0.3) is 5.91 Å². The van der Waals surface area contributed by atoms with E-state index in [9.17, 15) is 18.8 Å². The van der Waals surface area contributed by atoms with Gasteiger partial charge >= 0.3 is 0 Å². The maximum Gasteiger partial charge on any atom is 0.251 e. The van der Waals surface area contributed by atoms with Crippen molar-refractivity contribution in [1.82, 2.24) is 15.1 Å². The number of benzene rings is 1. The third-order valence-electron chi connectivity index (χ3n) is 3.32. The molecule has 0 atom stereocenters. The second-order valence-corrected chi connectivity index (χ2v) is 4.82. The molecule has 1 saturated heterocycles. The van der Waals surface area contributed by atoms with E-state index in [4.69, 9.17) is 0 Å². The number of nitrogens with zero attached hydrogens (tertiary/aromatic N) is 2. The maximum absolute atomic E-state index is 12.7. The Kier molecular flexibility index (Phi) is 4.52. The molecule has 112 valence electrons. The van der Waals surface area contributed by atoms with Crippen molar-refractivity contribution in [3.8, 4) is 0 Å². The van der Waals surface area contributed by atoms with E-state index < -0.39 is 11.7 Å². The van der Waals surface area contributed by atoms with Gasteiger partial charge in [-0.25, -0.2) is 4.39 Å². The lowest BCUT2D eigenvalue weighted by Gasteiger charge is -2.32. The standard InChI is InChI=1S/C14H16FN3O3/c1-17-6-7-18(9-13(17)20)12(19)8-16-14(21)10-2-4-11(15)5-3-10/h2-5H,6-9H2,1H3,(H,16,21). The molecule has 1 aliphatic rings. The van der Waals surface area contributed by atoms with Crippen LogP contribution in [0.5, 0.6) is 0 Å². The molecule has 1 aromatic carbocycles. The third-order valence-corrected chi connectivity index (χ3v) is 3.32. The van der Waals surface area contributed by atoms with Gasteiger partial charge in [-0.15, -0.1) is 0 Å². The highest BCUT2D eigenvalue weighted by molar-refractivity contribution is 5.96. The molecule has 1 N–H and O–H groups in total. The van der Waals surface area contributed by atoms with E-state index in [-0.39, 0.29) is 30.5 Å². The molecule has 0 spiro atoms. The van der Waals surface area contributed by atoms with Gasteiger partial charge in [-0.2, -0.15) is 0 Å². The molecule has 0 saturated carbocycles. The number of halogens is 1. The highest BCUT2D eigenvalue weighted by Crippen LogP contribution is 2.03. The molecule has 0 aromatic heterocycles. The largest absolute Gasteiger partial charge is 0.343 e. The van der Waals surface area contributed by atoms with Crippen molar-refractivity contribution >= 4 is 17.7 Å². The number of hydrogen-bond acceptors (Lipinski definition) is 3. The van der Waals surface area contributed by atoms with Crippen molar-refractivity contribution in [2.75, 3.05) is 33.2 Å². The van der Waals surface area contributed by atoms with Crippen molar-refractivity contribution in [3.63, 3.8) is 0 Å². The monoisotopic (exact) mass is 293 g/mol. The first-order valence-electron chi connectivity index (χ1n) is 6.53. The van der Waals surface area contributed by atoms with Crippen LogP contribution in [0.1, 0.15) is 10.4 Å². The van der Waals surface area contributed by atoms with Gasteiger partial charge in [-0.3, -0.25) is 14.4 Å². The van der Waals surface area contributed by atoms with E-state index in [0.717, 1.165) is 0 Å². The average molecular weight is 293 g/mol. The van der Waals surface area contributed by atoms with E-state index in [1.165, 1.54) is 29.2 Å². The van der Waals surface area contributed by atoms with E-state index >= 15 is 0 Å². The van der Waals surface area contributed by atoms with Crippen molar-refractivity contribution in [2.45, 2.75) is 0 Å². The lowest BCUT2D eigenvalue weighted by atomic mass is 10.2. The zero-order valence-electron chi connectivity index (χ0n) is 11.6. The van der Waals surface area contributed by atoms with Crippen LogP contribution in [0.2, 0.25) is 0 Å². The lowest BCUT2D eigenvalue weighted by Crippen LogP contribution is -2.52. The molecule has 1 aromatic rings. The SMILES string of the molecule is CN1CCN(C(=O)CNC(=O)c2ccc(F)cc2)CC1=O. The van der Waals surface area contributed by atoms with Crippen LogP contribution in [0.3, 0.4) is 0 Å².